The lowest BCUT2D eigenvalue weighted by Crippen LogP contribution is -2.37. The Morgan fingerprint density at radius 2 is 1.94 bits per heavy atom. The summed E-state index contributed by atoms with van der Waals surface area (Å²) in [6.07, 6.45) is 1.43. The Labute approximate surface area is 212 Å². The van der Waals surface area contributed by atoms with Crippen molar-refractivity contribution in [3.63, 3.8) is 0 Å². The molecule has 2 aromatic carbocycles. The van der Waals surface area contributed by atoms with Crippen LogP contribution in [-0.4, -0.2) is 39.2 Å². The largest absolute Gasteiger partial charge is 0.356 e. The topological polar surface area (TPSA) is 98.8 Å². The van der Waals surface area contributed by atoms with E-state index < -0.39 is 0 Å². The van der Waals surface area contributed by atoms with Crippen LogP contribution in [-0.2, 0) is 11.2 Å². The van der Waals surface area contributed by atoms with Crippen LogP contribution < -0.4 is 15.5 Å². The van der Waals surface area contributed by atoms with Gasteiger partial charge in [0.25, 0.3) is 0 Å². The smallest absolute Gasteiger partial charge is 0.228 e. The van der Waals surface area contributed by atoms with E-state index in [-0.39, 0.29) is 12.3 Å². The van der Waals surface area contributed by atoms with Gasteiger partial charge < -0.3 is 15.5 Å². The summed E-state index contributed by atoms with van der Waals surface area (Å²) in [5.41, 5.74) is 2.50. The molecule has 4 aromatic rings. The first-order chi connectivity index (χ1) is 17.0. The highest BCUT2D eigenvalue weighted by molar-refractivity contribution is 7.99. The lowest BCUT2D eigenvalue weighted by Gasteiger charge is -2.32. The molecule has 1 amide bonds. The number of nitrogens with zero attached hydrogens (tertiary/aromatic N) is 4. The fourth-order valence-electron chi connectivity index (χ4n) is 3.60. The summed E-state index contributed by atoms with van der Waals surface area (Å²) in [6, 6.07) is 18.9. The van der Waals surface area contributed by atoms with Crippen LogP contribution in [0.1, 0.15) is 17.7 Å². The summed E-state index contributed by atoms with van der Waals surface area (Å²) in [5.74, 6) is 2.29. The van der Waals surface area contributed by atoms with Crippen molar-refractivity contribution in [3.05, 3.63) is 76.9 Å². The highest BCUT2D eigenvalue weighted by Crippen LogP contribution is 2.31. The molecule has 1 aliphatic heterocycles. The van der Waals surface area contributed by atoms with E-state index in [0.29, 0.717) is 16.0 Å². The Morgan fingerprint density at radius 1 is 1.11 bits per heavy atom. The number of carbonyl (C=O) groups is 1. The maximum absolute atomic E-state index is 12.4. The molecule has 0 radical (unpaired) electrons. The summed E-state index contributed by atoms with van der Waals surface area (Å²) in [6.45, 7) is 3.92. The van der Waals surface area contributed by atoms with Crippen molar-refractivity contribution in [1.29, 1.82) is 0 Å². The van der Waals surface area contributed by atoms with Gasteiger partial charge in [-0.15, -0.1) is 0 Å². The number of halogens is 1. The first kappa shape index (κ1) is 23.2. The van der Waals surface area contributed by atoms with E-state index in [1.807, 2.05) is 55.5 Å². The van der Waals surface area contributed by atoms with Crippen LogP contribution in [0.4, 0.5) is 23.1 Å². The Hall–Kier alpha value is -3.56. The maximum atomic E-state index is 12.4. The minimum Gasteiger partial charge on any atom is -0.356 e. The number of hydrogen-bond acceptors (Lipinski definition) is 7. The van der Waals surface area contributed by atoms with E-state index in [0.717, 1.165) is 46.6 Å². The molecular weight excluding hydrogens is 482 g/mol. The summed E-state index contributed by atoms with van der Waals surface area (Å²) in [5, 5.41) is 14.6. The average Bonchev–Trinajstić information content (AvgIpc) is 3.18. The molecule has 5 rings (SSSR count). The quantitative estimate of drug-likeness (QED) is 0.274. The second-order valence-electron chi connectivity index (χ2n) is 8.26. The van der Waals surface area contributed by atoms with Gasteiger partial charge in [-0.3, -0.25) is 9.89 Å². The molecular formula is C25H24ClN7OS. The van der Waals surface area contributed by atoms with Crippen LogP contribution in [0.5, 0.6) is 0 Å². The SMILES string of the molecule is Cc1cc(Nc2cc(N3CCC3)nc(Sc3ccc(NC(=O)Cc4cccc(Cl)c4)cc3)n2)[nH]n1. The molecule has 0 aliphatic carbocycles. The number of anilines is 4. The van der Waals surface area contributed by atoms with Crippen molar-refractivity contribution in [1.82, 2.24) is 20.2 Å². The van der Waals surface area contributed by atoms with Gasteiger partial charge >= 0.3 is 0 Å². The summed E-state index contributed by atoms with van der Waals surface area (Å²) < 4.78 is 0. The second-order valence-corrected chi connectivity index (χ2v) is 9.74. The molecule has 1 fully saturated rings. The van der Waals surface area contributed by atoms with E-state index in [2.05, 4.69) is 30.7 Å². The number of nitrogens with one attached hydrogen (secondary N) is 3. The molecule has 35 heavy (non-hydrogen) atoms. The Bertz CT molecular complexity index is 1340. The van der Waals surface area contributed by atoms with Gasteiger partial charge in [0.05, 0.1) is 12.1 Å². The van der Waals surface area contributed by atoms with Crippen LogP contribution in [0.15, 0.2) is 70.7 Å². The van der Waals surface area contributed by atoms with Crippen LogP contribution in [0.3, 0.4) is 0 Å². The Morgan fingerprint density at radius 3 is 2.63 bits per heavy atom. The number of benzene rings is 2. The van der Waals surface area contributed by atoms with Crippen molar-refractivity contribution in [3.8, 4) is 0 Å². The molecule has 2 aromatic heterocycles. The Kier molecular flexibility index (Phi) is 6.87. The zero-order valence-corrected chi connectivity index (χ0v) is 20.7. The van der Waals surface area contributed by atoms with Gasteiger partial charge in [0.15, 0.2) is 5.16 Å². The third-order valence-corrected chi connectivity index (χ3v) is 6.55. The van der Waals surface area contributed by atoms with Gasteiger partial charge in [0.1, 0.15) is 17.5 Å². The minimum atomic E-state index is -0.0944. The van der Waals surface area contributed by atoms with E-state index in [1.54, 1.807) is 12.1 Å². The van der Waals surface area contributed by atoms with Crippen molar-refractivity contribution < 1.29 is 4.79 Å². The molecule has 0 spiro atoms. The van der Waals surface area contributed by atoms with Crippen molar-refractivity contribution in [2.24, 2.45) is 0 Å². The summed E-state index contributed by atoms with van der Waals surface area (Å²) >= 11 is 7.48. The first-order valence-electron chi connectivity index (χ1n) is 11.3. The second kappa shape index (κ2) is 10.4. The number of rotatable bonds is 8. The lowest BCUT2D eigenvalue weighted by molar-refractivity contribution is -0.115. The molecule has 3 N–H and O–H groups in total. The van der Waals surface area contributed by atoms with Crippen molar-refractivity contribution in [2.45, 2.75) is 29.8 Å². The van der Waals surface area contributed by atoms with Crippen molar-refractivity contribution >= 4 is 52.4 Å². The molecule has 8 nitrogen and oxygen atoms in total. The molecule has 1 aliphatic rings. The number of amides is 1. The van der Waals surface area contributed by atoms with Gasteiger partial charge in [-0.25, -0.2) is 9.97 Å². The third-order valence-electron chi connectivity index (χ3n) is 5.44. The van der Waals surface area contributed by atoms with Gasteiger partial charge in [-0.1, -0.05) is 23.7 Å². The number of aromatic nitrogens is 4. The Balaban J connectivity index is 1.26. The van der Waals surface area contributed by atoms with E-state index in [9.17, 15) is 4.79 Å². The fraction of sp³-hybridized carbons (Fsp3) is 0.200. The molecule has 3 heterocycles. The van der Waals surface area contributed by atoms with Gasteiger partial charge in [-0.2, -0.15) is 5.10 Å². The monoisotopic (exact) mass is 505 g/mol. The number of hydrogen-bond donors (Lipinski definition) is 3. The van der Waals surface area contributed by atoms with Gasteiger partial charge in [0.2, 0.25) is 5.91 Å². The molecule has 0 bridgehead atoms. The minimum absolute atomic E-state index is 0.0944. The van der Waals surface area contributed by atoms with Crippen LogP contribution in [0.25, 0.3) is 0 Å². The van der Waals surface area contributed by atoms with Gasteiger partial charge in [-0.05, 0) is 67.1 Å². The number of aromatic amines is 1. The number of aryl methyl sites for hydroxylation is 1. The van der Waals surface area contributed by atoms with Crippen LogP contribution in [0.2, 0.25) is 5.02 Å². The predicted molar refractivity (Wildman–Crippen MR) is 140 cm³/mol. The third kappa shape index (κ3) is 6.12. The molecule has 178 valence electrons. The van der Waals surface area contributed by atoms with E-state index in [1.165, 1.54) is 18.2 Å². The number of carbonyl (C=O) groups excluding carboxylic acids is 1. The maximum Gasteiger partial charge on any atom is 0.228 e. The van der Waals surface area contributed by atoms with Gasteiger partial charge in [0, 0.05) is 40.8 Å². The summed E-state index contributed by atoms with van der Waals surface area (Å²) in [4.78, 5) is 25.0. The molecule has 0 atom stereocenters. The molecule has 1 saturated heterocycles. The predicted octanol–water partition coefficient (Wildman–Crippen LogP) is 5.45. The molecule has 0 unspecified atom stereocenters. The molecule has 10 heteroatoms. The average molecular weight is 506 g/mol. The van der Waals surface area contributed by atoms with Crippen molar-refractivity contribution in [2.75, 3.05) is 28.6 Å². The number of H-pyrrole nitrogens is 1. The standard InChI is InChI=1S/C25H24ClN7OS/c1-16-12-22(32-31-16)28-21-15-23(33-10-3-11-33)30-25(29-21)35-20-8-6-19(7-9-20)27-24(34)14-17-4-2-5-18(26)13-17/h2,4-9,12-13,15H,3,10-11,14H2,1H3,(H,27,34)(H2,28,29,30,31,32). The lowest BCUT2D eigenvalue weighted by atomic mass is 10.1. The fourth-order valence-corrected chi connectivity index (χ4v) is 4.58. The first-order valence-corrected chi connectivity index (χ1v) is 12.4. The normalized spacial score (nSPS) is 12.8. The van der Waals surface area contributed by atoms with E-state index >= 15 is 0 Å². The zero-order valence-electron chi connectivity index (χ0n) is 19.1. The zero-order chi connectivity index (χ0) is 24.2. The highest BCUT2D eigenvalue weighted by atomic mass is 35.5. The highest BCUT2D eigenvalue weighted by Gasteiger charge is 2.18. The van der Waals surface area contributed by atoms with Crippen LogP contribution >= 0.6 is 23.4 Å². The van der Waals surface area contributed by atoms with Crippen LogP contribution in [0, 0.1) is 6.92 Å². The molecule has 0 saturated carbocycles. The summed E-state index contributed by atoms with van der Waals surface area (Å²) in [7, 11) is 0. The van der Waals surface area contributed by atoms with E-state index in [4.69, 9.17) is 16.6 Å².